The molecule has 294 valence electrons. The van der Waals surface area contributed by atoms with Crippen LogP contribution in [-0.2, 0) is 12.8 Å². The van der Waals surface area contributed by atoms with E-state index >= 15 is 0 Å². The molecule has 0 N–H and O–H groups in total. The van der Waals surface area contributed by atoms with Crippen LogP contribution in [0, 0.1) is 0 Å². The van der Waals surface area contributed by atoms with E-state index < -0.39 is 8.07 Å². The molecule has 1 nitrogen and oxygen atoms in total. The maximum absolute atomic E-state index is 6.86. The second-order valence-corrected chi connectivity index (χ2v) is 21.8. The topological polar surface area (TPSA) is 9.23 Å². The smallest absolute Gasteiger partial charge is 0.122 e. The number of aryl methyl sites for hydroxylation is 2. The van der Waals surface area contributed by atoms with Crippen LogP contribution in [0.15, 0.2) is 110 Å². The number of hydrogen-bond acceptors (Lipinski definition) is 1. The van der Waals surface area contributed by atoms with E-state index in [1.54, 1.807) is 0 Å². The summed E-state index contributed by atoms with van der Waals surface area (Å²) in [6.07, 6.45) is 13.7. The third-order valence-electron chi connectivity index (χ3n) is 13.0. The van der Waals surface area contributed by atoms with Crippen LogP contribution in [0.3, 0.4) is 0 Å². The van der Waals surface area contributed by atoms with Crippen molar-refractivity contribution in [2.24, 2.45) is 0 Å². The van der Waals surface area contributed by atoms with Gasteiger partial charge < -0.3 is 4.74 Å². The second kappa shape index (κ2) is 18.9. The molecule has 5 aromatic carbocycles. The highest BCUT2D eigenvalue weighted by molar-refractivity contribution is 6.92. The molecule has 0 saturated carbocycles. The lowest BCUT2D eigenvalue weighted by molar-refractivity contribution is 0.361. The average Bonchev–Trinajstić information content (AvgIpc) is 3.56. The van der Waals surface area contributed by atoms with E-state index in [-0.39, 0.29) is 5.54 Å². The molecule has 2 heteroatoms. The number of hydrogen-bond donors (Lipinski definition) is 0. The predicted octanol–water partition coefficient (Wildman–Crippen LogP) is 15.3. The molecule has 5 aromatic rings. The molecule has 0 heterocycles. The zero-order chi connectivity index (χ0) is 39.8. The standard InChI is InChI=1S/C54H68OSi/c1-10-15-17-23-40-34-43(24-18-16-11-2)53(55-33-12-3)52(35-40)56(8,9)54-50-36-41(46-27-21-19-25-44(46)38(6)13-4)29-31-48(50)49-32-30-42(37-51(49)54)47-28-22-20-26-45(47)39(7)14-5/h12,19-22,25-32,34-39,54H,3,10-11,13-18,23-24,33H2,1-2,4-9H3. The Morgan fingerprint density at radius 1 is 0.625 bits per heavy atom. The van der Waals surface area contributed by atoms with Crippen molar-refractivity contribution in [1.29, 1.82) is 0 Å². The SMILES string of the molecule is C=CCOc1c(CCCCC)cc(CCCCC)cc1[Si](C)(C)C1c2cc(-c3ccccc3C(C)CC)ccc2-c2ccc(-c3ccccc3C(C)CC)cc21. The molecule has 0 radical (unpaired) electrons. The van der Waals surface area contributed by atoms with Gasteiger partial charge in [-0.25, -0.2) is 0 Å². The van der Waals surface area contributed by atoms with Gasteiger partial charge in [0.05, 0.1) is 8.07 Å². The molecule has 0 aromatic heterocycles. The fraction of sp³-hybridized carbons (Fsp3) is 0.407. The van der Waals surface area contributed by atoms with Crippen molar-refractivity contribution in [3.8, 4) is 39.1 Å². The number of rotatable bonds is 19. The molecule has 2 atom stereocenters. The summed E-state index contributed by atoms with van der Waals surface area (Å²) in [7, 11) is -2.39. The minimum Gasteiger partial charge on any atom is -0.489 e. The Morgan fingerprint density at radius 2 is 1.14 bits per heavy atom. The van der Waals surface area contributed by atoms with Gasteiger partial charge in [-0.2, -0.15) is 0 Å². The fourth-order valence-corrected chi connectivity index (χ4v) is 13.1. The number of ether oxygens (including phenoxy) is 1. The average molecular weight is 761 g/mol. The largest absolute Gasteiger partial charge is 0.489 e. The maximum atomic E-state index is 6.86. The molecule has 1 aliphatic carbocycles. The summed E-state index contributed by atoms with van der Waals surface area (Å²) in [6.45, 7) is 23.9. The van der Waals surface area contributed by atoms with Gasteiger partial charge in [-0.1, -0.05) is 190 Å². The van der Waals surface area contributed by atoms with Crippen LogP contribution < -0.4 is 9.92 Å². The molecular formula is C54H68OSi. The normalized spacial score (nSPS) is 14.6. The van der Waals surface area contributed by atoms with Gasteiger partial charge in [0.1, 0.15) is 12.4 Å². The molecule has 0 saturated heterocycles. The summed E-state index contributed by atoms with van der Waals surface area (Å²) in [4.78, 5) is 0. The Bertz CT molecular complexity index is 2000. The van der Waals surface area contributed by atoms with Crippen molar-refractivity contribution in [2.45, 2.75) is 136 Å². The molecule has 2 unspecified atom stereocenters. The van der Waals surface area contributed by atoms with Crippen LogP contribution >= 0.6 is 0 Å². The summed E-state index contributed by atoms with van der Waals surface area (Å²) in [5, 5.41) is 1.47. The number of unbranched alkanes of at least 4 members (excludes halogenated alkanes) is 4. The highest BCUT2D eigenvalue weighted by Crippen LogP contribution is 2.52. The van der Waals surface area contributed by atoms with Crippen molar-refractivity contribution in [3.63, 3.8) is 0 Å². The zero-order valence-electron chi connectivity index (χ0n) is 35.9. The molecule has 0 amide bonds. The Hall–Kier alpha value is -4.14. The molecule has 6 rings (SSSR count). The first-order valence-corrected chi connectivity index (χ1v) is 25.1. The van der Waals surface area contributed by atoms with Crippen LogP contribution in [0.4, 0.5) is 0 Å². The molecule has 0 aliphatic heterocycles. The van der Waals surface area contributed by atoms with Crippen LogP contribution in [0.25, 0.3) is 33.4 Å². The molecule has 0 spiro atoms. The first-order valence-electron chi connectivity index (χ1n) is 22.0. The third-order valence-corrected chi connectivity index (χ3v) is 16.8. The Labute approximate surface area is 341 Å². The van der Waals surface area contributed by atoms with Crippen LogP contribution in [0.2, 0.25) is 13.1 Å². The quantitative estimate of drug-likeness (QED) is 0.0463. The van der Waals surface area contributed by atoms with E-state index in [1.165, 1.54) is 110 Å². The van der Waals surface area contributed by atoms with E-state index in [9.17, 15) is 0 Å². The minimum atomic E-state index is -2.39. The van der Waals surface area contributed by atoms with Crippen molar-refractivity contribution < 1.29 is 4.74 Å². The van der Waals surface area contributed by atoms with Crippen LogP contribution in [0.5, 0.6) is 5.75 Å². The Kier molecular flexibility index (Phi) is 14.0. The lowest BCUT2D eigenvalue weighted by Crippen LogP contribution is -2.49. The van der Waals surface area contributed by atoms with Crippen LogP contribution in [-0.4, -0.2) is 14.7 Å². The number of fused-ring (bicyclic) bond motifs is 3. The summed E-state index contributed by atoms with van der Waals surface area (Å²) >= 11 is 0. The Morgan fingerprint density at radius 3 is 1.64 bits per heavy atom. The maximum Gasteiger partial charge on any atom is 0.122 e. The van der Waals surface area contributed by atoms with Gasteiger partial charge in [-0.15, -0.1) is 0 Å². The molecule has 1 aliphatic rings. The minimum absolute atomic E-state index is 0.263. The van der Waals surface area contributed by atoms with E-state index in [1.807, 2.05) is 6.08 Å². The molecule has 56 heavy (non-hydrogen) atoms. The van der Waals surface area contributed by atoms with Gasteiger partial charge in [0.2, 0.25) is 0 Å². The van der Waals surface area contributed by atoms with Crippen molar-refractivity contribution in [1.82, 2.24) is 0 Å². The van der Waals surface area contributed by atoms with Gasteiger partial charge in [0, 0.05) is 5.54 Å². The van der Waals surface area contributed by atoms with E-state index in [0.29, 0.717) is 18.4 Å². The van der Waals surface area contributed by atoms with Crippen molar-refractivity contribution >= 4 is 13.3 Å². The monoisotopic (exact) mass is 761 g/mol. The summed E-state index contributed by atoms with van der Waals surface area (Å²) in [6, 6.07) is 38.2. The van der Waals surface area contributed by atoms with Gasteiger partial charge in [0.15, 0.2) is 0 Å². The lowest BCUT2D eigenvalue weighted by Gasteiger charge is -2.35. The van der Waals surface area contributed by atoms with Gasteiger partial charge in [0.25, 0.3) is 0 Å². The first kappa shape index (κ1) is 41.5. The fourth-order valence-electron chi connectivity index (χ4n) is 9.37. The number of benzene rings is 5. The zero-order valence-corrected chi connectivity index (χ0v) is 36.9. The van der Waals surface area contributed by atoms with Gasteiger partial charge in [-0.3, -0.25) is 0 Å². The predicted molar refractivity (Wildman–Crippen MR) is 248 cm³/mol. The summed E-state index contributed by atoms with van der Waals surface area (Å²) in [5.41, 5.74) is 17.2. The molecule has 0 fully saturated rings. The van der Waals surface area contributed by atoms with Gasteiger partial charge in [-0.05, 0) is 122 Å². The van der Waals surface area contributed by atoms with Crippen LogP contribution in [0.1, 0.15) is 144 Å². The molecule has 0 bridgehead atoms. The van der Waals surface area contributed by atoms with Crippen molar-refractivity contribution in [2.75, 3.05) is 6.61 Å². The van der Waals surface area contributed by atoms with Crippen molar-refractivity contribution in [3.05, 3.63) is 143 Å². The Balaban J connectivity index is 1.61. The highest BCUT2D eigenvalue weighted by Gasteiger charge is 2.44. The van der Waals surface area contributed by atoms with Gasteiger partial charge >= 0.3 is 0 Å². The molecular weight excluding hydrogens is 693 g/mol. The third kappa shape index (κ3) is 8.57. The highest BCUT2D eigenvalue weighted by atomic mass is 28.3. The summed E-state index contributed by atoms with van der Waals surface area (Å²) < 4.78 is 6.86. The first-order chi connectivity index (χ1) is 27.2. The van der Waals surface area contributed by atoms with E-state index in [0.717, 1.165) is 31.4 Å². The summed E-state index contributed by atoms with van der Waals surface area (Å²) in [5.74, 6) is 2.14. The lowest BCUT2D eigenvalue weighted by atomic mass is 9.89. The van der Waals surface area contributed by atoms with E-state index in [4.69, 9.17) is 4.74 Å². The second-order valence-electron chi connectivity index (χ2n) is 17.2. The van der Waals surface area contributed by atoms with E-state index in [2.05, 4.69) is 158 Å².